The van der Waals surface area contributed by atoms with Gasteiger partial charge in [0.15, 0.2) is 0 Å². The first-order valence-electron chi connectivity index (χ1n) is 4.79. The molecule has 1 aromatic carbocycles. The van der Waals surface area contributed by atoms with Crippen LogP contribution in [0.15, 0.2) is 24.3 Å². The lowest BCUT2D eigenvalue weighted by atomic mass is 10.1. The highest BCUT2D eigenvalue weighted by Gasteiger charge is 2.12. The average Bonchev–Trinajstić information content (AvgIpc) is 2.28. The number of hydrogen-bond acceptors (Lipinski definition) is 6. The SMILES string of the molecule is N[C@H](Cc1ccc([N+](=O)[O-])cc1)C(=O)O.O=[N+]([O-])O. The Balaban J connectivity index is 0.000000711. The minimum absolute atomic E-state index is 0.0253. The van der Waals surface area contributed by atoms with Crippen LogP contribution in [0, 0.1) is 20.2 Å². The van der Waals surface area contributed by atoms with Crippen LogP contribution in [0.3, 0.4) is 0 Å². The van der Waals surface area contributed by atoms with Crippen molar-refractivity contribution in [3.05, 3.63) is 50.1 Å². The molecule has 0 unspecified atom stereocenters. The highest BCUT2D eigenvalue weighted by molar-refractivity contribution is 5.73. The second-order valence-corrected chi connectivity index (χ2v) is 3.31. The summed E-state index contributed by atoms with van der Waals surface area (Å²) in [5.41, 5.74) is 5.95. The number of non-ortho nitro benzene ring substituents is 1. The van der Waals surface area contributed by atoms with Gasteiger partial charge in [0.1, 0.15) is 6.04 Å². The first-order chi connectivity index (χ1) is 8.73. The summed E-state index contributed by atoms with van der Waals surface area (Å²) in [6.45, 7) is 0. The van der Waals surface area contributed by atoms with E-state index in [4.69, 9.17) is 26.2 Å². The quantitative estimate of drug-likeness (QED) is 0.515. The molecule has 10 heteroatoms. The minimum Gasteiger partial charge on any atom is -0.480 e. The molecule has 0 aliphatic heterocycles. The molecule has 0 saturated carbocycles. The maximum atomic E-state index is 10.4. The second-order valence-electron chi connectivity index (χ2n) is 3.31. The molecule has 0 spiro atoms. The number of hydrogen-bond donors (Lipinski definition) is 3. The van der Waals surface area contributed by atoms with Gasteiger partial charge in [-0.25, -0.2) is 0 Å². The van der Waals surface area contributed by atoms with E-state index in [9.17, 15) is 14.9 Å². The molecular formula is C9H11N3O7. The molecule has 1 rings (SSSR count). The van der Waals surface area contributed by atoms with Gasteiger partial charge < -0.3 is 16.0 Å². The molecule has 104 valence electrons. The van der Waals surface area contributed by atoms with Crippen molar-refractivity contribution in [1.29, 1.82) is 0 Å². The maximum Gasteiger partial charge on any atom is 0.320 e. The van der Waals surface area contributed by atoms with E-state index < -0.39 is 22.0 Å². The number of rotatable bonds is 4. The molecule has 19 heavy (non-hydrogen) atoms. The van der Waals surface area contributed by atoms with Gasteiger partial charge in [-0.2, -0.15) is 0 Å². The molecule has 1 aromatic rings. The molecule has 0 fully saturated rings. The molecule has 0 radical (unpaired) electrons. The Morgan fingerprint density at radius 1 is 1.26 bits per heavy atom. The summed E-state index contributed by atoms with van der Waals surface area (Å²) in [6.07, 6.45) is 0.160. The first kappa shape index (κ1) is 16.2. The summed E-state index contributed by atoms with van der Waals surface area (Å²) in [6, 6.07) is 4.67. The molecule has 0 aliphatic rings. The number of carboxylic acids is 1. The first-order valence-corrected chi connectivity index (χ1v) is 4.79. The van der Waals surface area contributed by atoms with E-state index in [1.54, 1.807) is 0 Å². The topological polar surface area (TPSA) is 170 Å². The number of carboxylic acid groups (broad SMARTS) is 1. The van der Waals surface area contributed by atoms with Crippen LogP contribution in [-0.4, -0.2) is 32.3 Å². The molecular weight excluding hydrogens is 262 g/mol. The zero-order valence-corrected chi connectivity index (χ0v) is 9.50. The van der Waals surface area contributed by atoms with E-state index in [1.807, 2.05) is 0 Å². The van der Waals surface area contributed by atoms with Crippen molar-refractivity contribution in [3.8, 4) is 0 Å². The van der Waals surface area contributed by atoms with Gasteiger partial charge in [-0.15, -0.1) is 10.1 Å². The fraction of sp³-hybridized carbons (Fsp3) is 0.222. The molecule has 0 aromatic heterocycles. The van der Waals surface area contributed by atoms with Crippen molar-refractivity contribution in [2.75, 3.05) is 0 Å². The van der Waals surface area contributed by atoms with Crippen LogP contribution < -0.4 is 5.73 Å². The largest absolute Gasteiger partial charge is 0.480 e. The molecule has 0 heterocycles. The van der Waals surface area contributed by atoms with E-state index in [1.165, 1.54) is 24.3 Å². The smallest absolute Gasteiger partial charge is 0.320 e. The lowest BCUT2D eigenvalue weighted by Crippen LogP contribution is -2.32. The second kappa shape index (κ2) is 7.55. The summed E-state index contributed by atoms with van der Waals surface area (Å²) >= 11 is 0. The third-order valence-electron chi connectivity index (χ3n) is 1.92. The monoisotopic (exact) mass is 273 g/mol. The van der Waals surface area contributed by atoms with Crippen LogP contribution >= 0.6 is 0 Å². The highest BCUT2D eigenvalue weighted by Crippen LogP contribution is 2.12. The summed E-state index contributed by atoms with van der Waals surface area (Å²) in [4.78, 5) is 28.6. The van der Waals surface area contributed by atoms with Crippen molar-refractivity contribution in [2.24, 2.45) is 5.73 Å². The van der Waals surface area contributed by atoms with Crippen LogP contribution in [0.25, 0.3) is 0 Å². The van der Waals surface area contributed by atoms with E-state index in [0.717, 1.165) is 0 Å². The van der Waals surface area contributed by atoms with E-state index >= 15 is 0 Å². The molecule has 1 atom stereocenters. The zero-order valence-electron chi connectivity index (χ0n) is 9.50. The molecule has 0 bridgehead atoms. The maximum absolute atomic E-state index is 10.4. The van der Waals surface area contributed by atoms with Gasteiger partial charge in [0, 0.05) is 12.1 Å². The third-order valence-corrected chi connectivity index (χ3v) is 1.92. The van der Waals surface area contributed by atoms with Gasteiger partial charge in [0.05, 0.1) is 4.92 Å². The summed E-state index contributed by atoms with van der Waals surface area (Å²) in [5.74, 6) is -1.09. The van der Waals surface area contributed by atoms with Gasteiger partial charge in [0.2, 0.25) is 0 Å². The fourth-order valence-electron chi connectivity index (χ4n) is 1.09. The van der Waals surface area contributed by atoms with Gasteiger partial charge in [0.25, 0.3) is 10.8 Å². The Bertz CT molecular complexity index is 455. The van der Waals surface area contributed by atoms with Gasteiger partial charge in [-0.3, -0.25) is 14.9 Å². The highest BCUT2D eigenvalue weighted by atomic mass is 16.9. The van der Waals surface area contributed by atoms with Crippen molar-refractivity contribution < 1.29 is 25.1 Å². The van der Waals surface area contributed by atoms with Crippen molar-refractivity contribution in [3.63, 3.8) is 0 Å². The van der Waals surface area contributed by atoms with Gasteiger partial charge >= 0.3 is 5.97 Å². The number of nitrogens with zero attached hydrogens (tertiary/aromatic N) is 2. The average molecular weight is 273 g/mol. The van der Waals surface area contributed by atoms with Crippen LogP contribution in [0.2, 0.25) is 0 Å². The Labute approximate surface area is 106 Å². The predicted molar refractivity (Wildman–Crippen MR) is 61.2 cm³/mol. The van der Waals surface area contributed by atoms with Gasteiger partial charge in [-0.05, 0) is 12.0 Å². The van der Waals surface area contributed by atoms with Crippen molar-refractivity contribution in [1.82, 2.24) is 0 Å². The number of aliphatic carboxylic acids is 1. The third kappa shape index (κ3) is 7.23. The Kier molecular flexibility index (Phi) is 6.46. The molecule has 4 N–H and O–H groups in total. The number of benzene rings is 1. The van der Waals surface area contributed by atoms with E-state index in [2.05, 4.69) is 0 Å². The number of nitrogens with two attached hydrogens (primary N) is 1. The predicted octanol–water partition coefficient (Wildman–Crippen LogP) is 0.202. The Morgan fingerprint density at radius 3 is 2.00 bits per heavy atom. The Hall–Kier alpha value is -2.75. The van der Waals surface area contributed by atoms with Crippen LogP contribution in [-0.2, 0) is 11.2 Å². The number of carbonyl (C=O) groups is 1. The molecule has 0 amide bonds. The standard InChI is InChI=1S/C9H10N2O4.HNO3/c10-8(9(12)13)5-6-1-3-7(4-2-6)11(14)15;2-1(3)4/h1-4,8H,5,10H2,(H,12,13);(H,2,3,4)/t8-;/m1./s1. The Morgan fingerprint density at radius 2 is 1.68 bits per heavy atom. The normalized spacial score (nSPS) is 10.8. The number of nitro groups is 1. The lowest BCUT2D eigenvalue weighted by Gasteiger charge is -2.05. The minimum atomic E-state index is -1.50. The van der Waals surface area contributed by atoms with Crippen molar-refractivity contribution in [2.45, 2.75) is 12.5 Å². The van der Waals surface area contributed by atoms with Crippen LogP contribution in [0.5, 0.6) is 0 Å². The number of nitro benzene ring substituents is 1. The molecule has 0 aliphatic carbocycles. The zero-order chi connectivity index (χ0) is 15.0. The fourth-order valence-corrected chi connectivity index (χ4v) is 1.09. The van der Waals surface area contributed by atoms with Crippen LogP contribution in [0.1, 0.15) is 5.56 Å². The van der Waals surface area contributed by atoms with E-state index in [0.29, 0.717) is 5.56 Å². The summed E-state index contributed by atoms with van der Waals surface area (Å²) in [7, 11) is 0. The molecule has 10 nitrogen and oxygen atoms in total. The summed E-state index contributed by atoms with van der Waals surface area (Å²) < 4.78 is 0. The van der Waals surface area contributed by atoms with E-state index in [-0.39, 0.29) is 12.1 Å². The van der Waals surface area contributed by atoms with Crippen molar-refractivity contribution >= 4 is 11.7 Å². The van der Waals surface area contributed by atoms with Crippen LogP contribution in [0.4, 0.5) is 5.69 Å². The lowest BCUT2D eigenvalue weighted by molar-refractivity contribution is -0.742. The van der Waals surface area contributed by atoms with Gasteiger partial charge in [-0.1, -0.05) is 12.1 Å². The molecule has 0 saturated heterocycles. The summed E-state index contributed by atoms with van der Waals surface area (Å²) in [5, 5.41) is 32.5.